The summed E-state index contributed by atoms with van der Waals surface area (Å²) in [5.74, 6) is 1.40. The predicted octanol–water partition coefficient (Wildman–Crippen LogP) is 3.94. The summed E-state index contributed by atoms with van der Waals surface area (Å²) >= 11 is 0. The molecule has 2 aromatic rings. The Labute approximate surface area is 147 Å². The summed E-state index contributed by atoms with van der Waals surface area (Å²) < 4.78 is 5.26. The standard InChI is InChI=1S/C18H24N4O3/c1-18(2,3)16(21-13-6-5-7-15(10-13)25-4)12-20-17-9-8-14(11-19-17)22(23)24/h5-11,16,21H,12H2,1-4H3,(H,19,20)/t16-/m0/s1. The first-order chi connectivity index (χ1) is 11.8. The first kappa shape index (κ1) is 18.5. The van der Waals surface area contributed by atoms with Gasteiger partial charge in [-0.15, -0.1) is 0 Å². The van der Waals surface area contributed by atoms with Crippen LogP contribution in [0.25, 0.3) is 0 Å². The Balaban J connectivity index is 2.06. The van der Waals surface area contributed by atoms with Gasteiger partial charge in [0.2, 0.25) is 0 Å². The Morgan fingerprint density at radius 2 is 2.04 bits per heavy atom. The van der Waals surface area contributed by atoms with Gasteiger partial charge < -0.3 is 15.4 Å². The van der Waals surface area contributed by atoms with E-state index in [1.165, 1.54) is 12.3 Å². The van der Waals surface area contributed by atoms with Crippen LogP contribution in [0.15, 0.2) is 42.6 Å². The van der Waals surface area contributed by atoms with Gasteiger partial charge in [0.05, 0.1) is 12.0 Å². The first-order valence-electron chi connectivity index (χ1n) is 8.04. The molecule has 1 aromatic carbocycles. The van der Waals surface area contributed by atoms with E-state index >= 15 is 0 Å². The molecule has 0 bridgehead atoms. The van der Waals surface area contributed by atoms with Crippen molar-refractivity contribution in [3.05, 3.63) is 52.7 Å². The van der Waals surface area contributed by atoms with Crippen LogP contribution in [0.3, 0.4) is 0 Å². The zero-order valence-electron chi connectivity index (χ0n) is 14.9. The fourth-order valence-corrected chi connectivity index (χ4v) is 2.29. The average molecular weight is 344 g/mol. The lowest BCUT2D eigenvalue weighted by atomic mass is 9.86. The number of nitrogens with one attached hydrogen (secondary N) is 2. The van der Waals surface area contributed by atoms with Crippen molar-refractivity contribution in [3.8, 4) is 5.75 Å². The van der Waals surface area contributed by atoms with Crippen molar-refractivity contribution in [2.75, 3.05) is 24.3 Å². The minimum Gasteiger partial charge on any atom is -0.497 e. The maximum absolute atomic E-state index is 10.7. The highest BCUT2D eigenvalue weighted by molar-refractivity contribution is 5.50. The lowest BCUT2D eigenvalue weighted by Gasteiger charge is -2.32. The monoisotopic (exact) mass is 344 g/mol. The molecule has 0 spiro atoms. The molecule has 1 atom stereocenters. The summed E-state index contributed by atoms with van der Waals surface area (Å²) in [6, 6.07) is 10.9. The largest absolute Gasteiger partial charge is 0.497 e. The highest BCUT2D eigenvalue weighted by Crippen LogP contribution is 2.25. The second-order valence-electron chi connectivity index (χ2n) is 6.83. The quantitative estimate of drug-likeness (QED) is 0.584. The lowest BCUT2D eigenvalue weighted by molar-refractivity contribution is -0.385. The fourth-order valence-electron chi connectivity index (χ4n) is 2.29. The Morgan fingerprint density at radius 3 is 2.60 bits per heavy atom. The first-order valence-corrected chi connectivity index (χ1v) is 8.04. The molecular formula is C18H24N4O3. The third-order valence-electron chi connectivity index (χ3n) is 3.90. The zero-order chi connectivity index (χ0) is 18.4. The number of pyridine rings is 1. The van der Waals surface area contributed by atoms with E-state index in [9.17, 15) is 10.1 Å². The van der Waals surface area contributed by atoms with Crippen LogP contribution in [0.1, 0.15) is 20.8 Å². The number of aromatic nitrogens is 1. The minimum atomic E-state index is -0.459. The van der Waals surface area contributed by atoms with Gasteiger partial charge in [-0.2, -0.15) is 0 Å². The fraction of sp³-hybridized carbons (Fsp3) is 0.389. The van der Waals surface area contributed by atoms with Gasteiger partial charge in [-0.1, -0.05) is 26.8 Å². The maximum atomic E-state index is 10.7. The molecule has 1 aromatic heterocycles. The Morgan fingerprint density at radius 1 is 1.28 bits per heavy atom. The van der Waals surface area contributed by atoms with Gasteiger partial charge in [0.25, 0.3) is 5.69 Å². The van der Waals surface area contributed by atoms with Crippen LogP contribution < -0.4 is 15.4 Å². The third-order valence-corrected chi connectivity index (χ3v) is 3.90. The maximum Gasteiger partial charge on any atom is 0.287 e. The van der Waals surface area contributed by atoms with E-state index in [-0.39, 0.29) is 17.1 Å². The summed E-state index contributed by atoms with van der Waals surface area (Å²) in [7, 11) is 1.64. The topological polar surface area (TPSA) is 89.3 Å². The predicted molar refractivity (Wildman–Crippen MR) is 99.2 cm³/mol. The molecule has 0 saturated carbocycles. The van der Waals surface area contributed by atoms with Crippen molar-refractivity contribution < 1.29 is 9.66 Å². The minimum absolute atomic E-state index is 0.0170. The van der Waals surface area contributed by atoms with Crippen molar-refractivity contribution in [1.82, 2.24) is 4.98 Å². The van der Waals surface area contributed by atoms with E-state index in [4.69, 9.17) is 4.74 Å². The number of ether oxygens (including phenoxy) is 1. The number of methoxy groups -OCH3 is 1. The molecule has 0 radical (unpaired) electrons. The molecule has 0 aliphatic carbocycles. The van der Waals surface area contributed by atoms with Crippen molar-refractivity contribution in [2.45, 2.75) is 26.8 Å². The van der Waals surface area contributed by atoms with Gasteiger partial charge >= 0.3 is 0 Å². The Kier molecular flexibility index (Phi) is 5.80. The molecule has 2 N–H and O–H groups in total. The van der Waals surface area contributed by atoms with E-state index in [2.05, 4.69) is 36.4 Å². The van der Waals surface area contributed by atoms with Gasteiger partial charge in [0.1, 0.15) is 17.8 Å². The summed E-state index contributed by atoms with van der Waals surface area (Å²) in [6.45, 7) is 7.06. The van der Waals surface area contributed by atoms with Crippen molar-refractivity contribution in [3.63, 3.8) is 0 Å². The number of rotatable bonds is 7. The number of hydrogen-bond donors (Lipinski definition) is 2. The van der Waals surface area contributed by atoms with E-state index in [0.29, 0.717) is 12.4 Å². The van der Waals surface area contributed by atoms with Crippen molar-refractivity contribution in [1.29, 1.82) is 0 Å². The van der Waals surface area contributed by atoms with Gasteiger partial charge in [0, 0.05) is 30.4 Å². The van der Waals surface area contributed by atoms with Crippen LogP contribution in [0.2, 0.25) is 0 Å². The second-order valence-corrected chi connectivity index (χ2v) is 6.83. The molecule has 0 amide bonds. The number of benzene rings is 1. The SMILES string of the molecule is COc1cccc(N[C@@H](CNc2ccc([N+](=O)[O-])cn2)C(C)(C)C)c1. The summed E-state index contributed by atoms with van der Waals surface area (Å²) in [5, 5.41) is 17.4. The molecule has 0 aliphatic heterocycles. The van der Waals surface area contributed by atoms with Crippen LogP contribution in [0.4, 0.5) is 17.2 Å². The molecule has 1 heterocycles. The molecule has 0 saturated heterocycles. The van der Waals surface area contributed by atoms with Gasteiger partial charge in [0.15, 0.2) is 0 Å². The number of nitrogens with zero attached hydrogens (tertiary/aromatic N) is 2. The summed E-state index contributed by atoms with van der Waals surface area (Å²) in [4.78, 5) is 14.3. The molecule has 7 heteroatoms. The van der Waals surface area contributed by atoms with Crippen LogP contribution in [0, 0.1) is 15.5 Å². The van der Waals surface area contributed by atoms with Crippen LogP contribution in [0.5, 0.6) is 5.75 Å². The van der Waals surface area contributed by atoms with Gasteiger partial charge in [-0.3, -0.25) is 10.1 Å². The molecular weight excluding hydrogens is 320 g/mol. The van der Waals surface area contributed by atoms with Gasteiger partial charge in [-0.25, -0.2) is 4.98 Å². The average Bonchev–Trinajstić information content (AvgIpc) is 2.58. The highest BCUT2D eigenvalue weighted by Gasteiger charge is 2.24. The molecule has 134 valence electrons. The molecule has 0 fully saturated rings. The normalized spacial score (nSPS) is 12.3. The molecule has 0 aliphatic rings. The summed E-state index contributed by atoms with van der Waals surface area (Å²) in [5.41, 5.74) is 0.932. The van der Waals surface area contributed by atoms with Crippen LogP contribution >= 0.6 is 0 Å². The third kappa shape index (κ3) is 5.34. The number of hydrogen-bond acceptors (Lipinski definition) is 6. The Bertz CT molecular complexity index is 711. The molecule has 0 unspecified atom stereocenters. The second kappa shape index (κ2) is 7.83. The summed E-state index contributed by atoms with van der Waals surface area (Å²) in [6.07, 6.45) is 1.25. The molecule has 2 rings (SSSR count). The zero-order valence-corrected chi connectivity index (χ0v) is 14.9. The van der Waals surface area contributed by atoms with E-state index < -0.39 is 4.92 Å². The van der Waals surface area contributed by atoms with E-state index in [0.717, 1.165) is 11.4 Å². The van der Waals surface area contributed by atoms with Crippen LogP contribution in [-0.4, -0.2) is 29.6 Å². The van der Waals surface area contributed by atoms with E-state index in [1.54, 1.807) is 13.2 Å². The van der Waals surface area contributed by atoms with Crippen molar-refractivity contribution >= 4 is 17.2 Å². The number of nitro groups is 1. The Hall–Kier alpha value is -2.83. The van der Waals surface area contributed by atoms with Crippen molar-refractivity contribution in [2.24, 2.45) is 5.41 Å². The van der Waals surface area contributed by atoms with E-state index in [1.807, 2.05) is 24.3 Å². The highest BCUT2D eigenvalue weighted by atomic mass is 16.6. The lowest BCUT2D eigenvalue weighted by Crippen LogP contribution is -2.40. The molecule has 25 heavy (non-hydrogen) atoms. The number of anilines is 2. The molecule has 7 nitrogen and oxygen atoms in total. The van der Waals surface area contributed by atoms with Crippen LogP contribution in [-0.2, 0) is 0 Å². The van der Waals surface area contributed by atoms with Gasteiger partial charge in [-0.05, 0) is 23.6 Å². The smallest absolute Gasteiger partial charge is 0.287 e.